The molecule has 98 valence electrons. The van der Waals surface area contributed by atoms with Crippen LogP contribution >= 0.6 is 0 Å². The molecule has 0 saturated heterocycles. The van der Waals surface area contributed by atoms with Crippen LogP contribution in [0.2, 0.25) is 0 Å². The van der Waals surface area contributed by atoms with Gasteiger partial charge in [0.2, 0.25) is 6.29 Å². The van der Waals surface area contributed by atoms with Gasteiger partial charge in [-0.25, -0.2) is 0 Å². The van der Waals surface area contributed by atoms with Crippen molar-refractivity contribution in [3.8, 4) is 5.75 Å². The van der Waals surface area contributed by atoms with Gasteiger partial charge in [0.15, 0.2) is 0 Å². The van der Waals surface area contributed by atoms with E-state index in [1.807, 2.05) is 43.4 Å². The van der Waals surface area contributed by atoms with E-state index in [1.54, 1.807) is 0 Å². The van der Waals surface area contributed by atoms with Crippen molar-refractivity contribution >= 4 is 0 Å². The molecule has 2 aromatic carbocycles. The zero-order valence-corrected chi connectivity index (χ0v) is 10.9. The molecule has 0 spiro atoms. The molecule has 19 heavy (non-hydrogen) atoms. The highest BCUT2D eigenvalue weighted by Crippen LogP contribution is 2.37. The van der Waals surface area contributed by atoms with E-state index in [2.05, 4.69) is 23.5 Å². The van der Waals surface area contributed by atoms with Crippen LogP contribution in [0.4, 0.5) is 0 Å². The molecule has 1 aliphatic rings. The first-order chi connectivity index (χ1) is 9.38. The zero-order valence-electron chi connectivity index (χ0n) is 10.9. The van der Waals surface area contributed by atoms with E-state index in [9.17, 15) is 0 Å². The summed E-state index contributed by atoms with van der Waals surface area (Å²) in [6.45, 7) is 0.664. The molecule has 0 saturated carbocycles. The lowest BCUT2D eigenvalue weighted by molar-refractivity contribution is -0.123. The maximum Gasteiger partial charge on any atom is 0.213 e. The van der Waals surface area contributed by atoms with Crippen molar-refractivity contribution in [1.29, 1.82) is 0 Å². The van der Waals surface area contributed by atoms with Crippen LogP contribution in [0.5, 0.6) is 5.75 Å². The zero-order chi connectivity index (χ0) is 13.1. The van der Waals surface area contributed by atoms with Crippen molar-refractivity contribution in [1.82, 2.24) is 5.32 Å². The first kappa shape index (κ1) is 12.2. The molecule has 0 amide bonds. The molecular weight excluding hydrogens is 238 g/mol. The van der Waals surface area contributed by atoms with E-state index in [0.717, 1.165) is 16.9 Å². The summed E-state index contributed by atoms with van der Waals surface area (Å²) in [7, 11) is 1.89. The van der Waals surface area contributed by atoms with Crippen LogP contribution in [0.1, 0.15) is 17.2 Å². The van der Waals surface area contributed by atoms with Gasteiger partial charge in [-0.1, -0.05) is 48.5 Å². The molecule has 3 heteroatoms. The predicted molar refractivity (Wildman–Crippen MR) is 74.2 cm³/mol. The summed E-state index contributed by atoms with van der Waals surface area (Å²) in [6, 6.07) is 18.3. The third-order valence-corrected chi connectivity index (χ3v) is 3.22. The summed E-state index contributed by atoms with van der Waals surface area (Å²) >= 11 is 0. The molecule has 2 aromatic rings. The van der Waals surface area contributed by atoms with E-state index in [1.165, 1.54) is 0 Å². The van der Waals surface area contributed by atoms with Gasteiger partial charge in [-0.2, -0.15) is 0 Å². The minimum Gasteiger partial charge on any atom is -0.463 e. The van der Waals surface area contributed by atoms with Crippen molar-refractivity contribution in [3.05, 3.63) is 65.7 Å². The van der Waals surface area contributed by atoms with E-state index in [-0.39, 0.29) is 12.4 Å². The minimum atomic E-state index is -0.259. The Morgan fingerprint density at radius 2 is 1.74 bits per heavy atom. The molecule has 2 atom stereocenters. The van der Waals surface area contributed by atoms with E-state index >= 15 is 0 Å². The maximum atomic E-state index is 6.05. The van der Waals surface area contributed by atoms with Gasteiger partial charge in [0.1, 0.15) is 11.9 Å². The normalized spacial score (nSPS) is 21.5. The van der Waals surface area contributed by atoms with Gasteiger partial charge in [-0.15, -0.1) is 0 Å². The number of hydrogen-bond donors (Lipinski definition) is 1. The summed E-state index contributed by atoms with van der Waals surface area (Å²) in [5.41, 5.74) is 2.24. The Morgan fingerprint density at radius 3 is 2.53 bits per heavy atom. The van der Waals surface area contributed by atoms with Gasteiger partial charge in [-0.3, -0.25) is 0 Å². The third kappa shape index (κ3) is 2.48. The van der Waals surface area contributed by atoms with Crippen LogP contribution in [0.25, 0.3) is 0 Å². The number of fused-ring (bicyclic) bond motifs is 1. The lowest BCUT2D eigenvalue weighted by Gasteiger charge is -2.32. The number of benzene rings is 2. The minimum absolute atomic E-state index is 0.0653. The first-order valence-electron chi connectivity index (χ1n) is 6.49. The topological polar surface area (TPSA) is 30.5 Å². The number of hydrogen-bond acceptors (Lipinski definition) is 3. The predicted octanol–water partition coefficient (Wildman–Crippen LogP) is 2.73. The maximum absolute atomic E-state index is 6.05. The molecule has 0 aliphatic carbocycles. The number of para-hydroxylation sites is 1. The second kappa shape index (κ2) is 5.43. The second-order valence-corrected chi connectivity index (χ2v) is 4.57. The Kier molecular flexibility index (Phi) is 3.49. The highest BCUT2D eigenvalue weighted by molar-refractivity contribution is 5.41. The Balaban J connectivity index is 1.98. The Hall–Kier alpha value is -1.84. The highest BCUT2D eigenvalue weighted by atomic mass is 16.7. The smallest absolute Gasteiger partial charge is 0.213 e. The number of likely N-dealkylation sites (N-methyl/N-ethyl adjacent to an activating group) is 1. The number of nitrogens with one attached hydrogen (secondary N) is 1. The molecule has 1 heterocycles. The molecule has 1 aliphatic heterocycles. The van der Waals surface area contributed by atoms with E-state index in [4.69, 9.17) is 9.47 Å². The molecule has 0 aromatic heterocycles. The molecule has 0 radical (unpaired) electrons. The number of ether oxygens (including phenoxy) is 2. The van der Waals surface area contributed by atoms with Gasteiger partial charge in [0, 0.05) is 5.56 Å². The molecule has 3 nitrogen and oxygen atoms in total. The van der Waals surface area contributed by atoms with E-state index in [0.29, 0.717) is 6.54 Å². The average Bonchev–Trinajstić information content (AvgIpc) is 2.48. The summed E-state index contributed by atoms with van der Waals surface area (Å²) < 4.78 is 11.9. The van der Waals surface area contributed by atoms with Crippen molar-refractivity contribution < 1.29 is 9.47 Å². The van der Waals surface area contributed by atoms with Gasteiger partial charge >= 0.3 is 0 Å². The molecule has 3 rings (SSSR count). The quantitative estimate of drug-likeness (QED) is 0.914. The fraction of sp³-hybridized carbons (Fsp3) is 0.250. The fourth-order valence-electron chi connectivity index (χ4n) is 2.34. The Labute approximate surface area is 113 Å². The Morgan fingerprint density at radius 1 is 1.00 bits per heavy atom. The van der Waals surface area contributed by atoms with Crippen LogP contribution in [0.3, 0.4) is 0 Å². The lowest BCUT2D eigenvalue weighted by Crippen LogP contribution is -2.36. The van der Waals surface area contributed by atoms with Crippen LogP contribution in [-0.4, -0.2) is 19.9 Å². The average molecular weight is 255 g/mol. The van der Waals surface area contributed by atoms with Gasteiger partial charge in [0.25, 0.3) is 0 Å². The monoisotopic (exact) mass is 255 g/mol. The standard InChI is InChI=1S/C16H17NO2/c1-17-11-15-18-14-10-6-5-9-13(14)16(19-15)12-7-3-2-4-8-12/h2-10,15-17H,11H2,1H3/t15-,16+/m0/s1. The summed E-state index contributed by atoms with van der Waals surface area (Å²) in [4.78, 5) is 0. The molecule has 0 bridgehead atoms. The second-order valence-electron chi connectivity index (χ2n) is 4.57. The van der Waals surface area contributed by atoms with E-state index < -0.39 is 0 Å². The molecule has 0 fully saturated rings. The van der Waals surface area contributed by atoms with Crippen molar-refractivity contribution in [2.45, 2.75) is 12.4 Å². The fourth-order valence-corrected chi connectivity index (χ4v) is 2.34. The van der Waals surface area contributed by atoms with Gasteiger partial charge in [0.05, 0.1) is 6.54 Å². The summed E-state index contributed by atoms with van der Waals surface area (Å²) in [6.07, 6.45) is -0.324. The van der Waals surface area contributed by atoms with Crippen LogP contribution < -0.4 is 10.1 Å². The third-order valence-electron chi connectivity index (χ3n) is 3.22. The van der Waals surface area contributed by atoms with Crippen LogP contribution in [0, 0.1) is 0 Å². The molecule has 0 unspecified atom stereocenters. The van der Waals surface area contributed by atoms with Crippen molar-refractivity contribution in [2.24, 2.45) is 0 Å². The van der Waals surface area contributed by atoms with Gasteiger partial charge < -0.3 is 14.8 Å². The lowest BCUT2D eigenvalue weighted by atomic mass is 9.99. The van der Waals surface area contributed by atoms with Crippen molar-refractivity contribution in [3.63, 3.8) is 0 Å². The van der Waals surface area contributed by atoms with Gasteiger partial charge in [-0.05, 0) is 18.7 Å². The largest absolute Gasteiger partial charge is 0.463 e. The number of rotatable bonds is 3. The Bertz CT molecular complexity index is 541. The summed E-state index contributed by atoms with van der Waals surface area (Å²) in [5, 5.41) is 3.09. The molecular formula is C16H17NO2. The SMILES string of the molecule is CNC[C@H]1Oc2ccccc2[C@@H](c2ccccc2)O1. The molecule has 1 N–H and O–H groups in total. The van der Waals surface area contributed by atoms with Crippen LogP contribution in [0.15, 0.2) is 54.6 Å². The van der Waals surface area contributed by atoms with Crippen LogP contribution in [-0.2, 0) is 4.74 Å². The highest BCUT2D eigenvalue weighted by Gasteiger charge is 2.29. The van der Waals surface area contributed by atoms with Crippen molar-refractivity contribution in [2.75, 3.05) is 13.6 Å². The summed E-state index contributed by atoms with van der Waals surface area (Å²) in [5.74, 6) is 0.905. The first-order valence-corrected chi connectivity index (χ1v) is 6.49.